The number of aromatic nitrogens is 2. The van der Waals surface area contributed by atoms with Crippen LogP contribution in [0.5, 0.6) is 0 Å². The number of hydrogen-bond acceptors (Lipinski definition) is 6. The maximum absolute atomic E-state index is 13.9. The Morgan fingerprint density at radius 3 is 2.39 bits per heavy atom. The summed E-state index contributed by atoms with van der Waals surface area (Å²) in [6, 6.07) is 6.93. The summed E-state index contributed by atoms with van der Waals surface area (Å²) in [5, 5.41) is 28.4. The molecular weight excluding hydrogens is 518 g/mol. The zero-order chi connectivity index (χ0) is 29.1. The van der Waals surface area contributed by atoms with Crippen LogP contribution < -0.4 is 5.32 Å². The largest absolute Gasteiger partial charge is 0.392 e. The molecule has 41 heavy (non-hydrogen) atoms. The highest BCUT2D eigenvalue weighted by Crippen LogP contribution is 2.37. The number of carbonyl (C=O) groups excluding carboxylic acids is 2. The van der Waals surface area contributed by atoms with Gasteiger partial charge in [0.05, 0.1) is 24.1 Å². The summed E-state index contributed by atoms with van der Waals surface area (Å²) in [6.07, 6.45) is 7.27. The van der Waals surface area contributed by atoms with Crippen molar-refractivity contribution < 1.29 is 19.8 Å². The Hall–Kier alpha value is -2.75. The van der Waals surface area contributed by atoms with Crippen molar-refractivity contribution in [2.24, 2.45) is 5.92 Å². The fraction of sp³-hybridized carbons (Fsp3) is 0.656. The first-order valence-electron chi connectivity index (χ1n) is 15.6. The Bertz CT molecular complexity index is 1210. The minimum absolute atomic E-state index is 0.0142. The first-order chi connectivity index (χ1) is 19.8. The third-order valence-electron chi connectivity index (χ3n) is 9.84. The molecule has 3 heterocycles. The van der Waals surface area contributed by atoms with E-state index in [0.717, 1.165) is 67.7 Å². The van der Waals surface area contributed by atoms with Gasteiger partial charge in [-0.15, -0.1) is 0 Å². The van der Waals surface area contributed by atoms with Crippen LogP contribution in [0.15, 0.2) is 24.3 Å². The fourth-order valence-electron chi connectivity index (χ4n) is 7.16. The van der Waals surface area contributed by atoms with Crippen molar-refractivity contribution in [3.63, 3.8) is 0 Å². The second-order valence-electron chi connectivity index (χ2n) is 12.4. The van der Waals surface area contributed by atoms with E-state index in [4.69, 9.17) is 5.10 Å². The first-order valence-corrected chi connectivity index (χ1v) is 15.6. The standard InChI is InChI=1S/C32H47N5O4/c1-4-5-17-36-30(40)28(29(39)25-9-7-6-8-10-25)33-31(41)32(36)15-18-35(19-16-32)20-27-22(2)34-37(23(27)3)26-13-11-24(21-38)12-14-26/h11-14,25,28-29,38-39H,4-10,15-21H2,1-3H3,(H,33,41)/t28-,29-/m1/s1. The normalized spacial score (nSPS) is 22.8. The monoisotopic (exact) mass is 565 g/mol. The molecule has 1 spiro atoms. The van der Waals surface area contributed by atoms with E-state index in [1.165, 1.54) is 12.0 Å². The molecule has 2 aliphatic heterocycles. The predicted molar refractivity (Wildman–Crippen MR) is 157 cm³/mol. The predicted octanol–water partition coefficient (Wildman–Crippen LogP) is 3.38. The molecule has 0 unspecified atom stereocenters. The number of benzene rings is 1. The SMILES string of the molecule is CCCCN1C(=O)[C@@H]([C@H](O)C2CCCCC2)NC(=O)C12CCN(Cc1c(C)nn(-c3ccc(CO)cc3)c1C)CC2. The molecule has 2 saturated heterocycles. The van der Waals surface area contributed by atoms with Gasteiger partial charge in [-0.1, -0.05) is 44.7 Å². The lowest BCUT2D eigenvalue weighted by molar-refractivity contribution is -0.166. The van der Waals surface area contributed by atoms with Crippen LogP contribution >= 0.6 is 0 Å². The molecule has 2 amide bonds. The van der Waals surface area contributed by atoms with E-state index >= 15 is 0 Å². The smallest absolute Gasteiger partial charge is 0.248 e. The molecule has 2 aromatic rings. The molecule has 1 aromatic carbocycles. The van der Waals surface area contributed by atoms with Gasteiger partial charge in [0.1, 0.15) is 11.6 Å². The number of piperazine rings is 1. The first kappa shape index (κ1) is 29.7. The Morgan fingerprint density at radius 1 is 1.07 bits per heavy atom. The van der Waals surface area contributed by atoms with E-state index in [1.807, 2.05) is 40.8 Å². The van der Waals surface area contributed by atoms with Crippen LogP contribution in [0.25, 0.3) is 5.69 Å². The number of unbranched alkanes of at least 4 members (excludes halogenated alkanes) is 1. The zero-order valence-electron chi connectivity index (χ0n) is 24.9. The van der Waals surface area contributed by atoms with Crippen LogP contribution in [0.1, 0.15) is 87.2 Å². The van der Waals surface area contributed by atoms with Gasteiger partial charge in [-0.05, 0) is 69.6 Å². The number of hydrogen-bond donors (Lipinski definition) is 3. The molecule has 0 radical (unpaired) electrons. The fourth-order valence-corrected chi connectivity index (χ4v) is 7.16. The van der Waals surface area contributed by atoms with Crippen molar-refractivity contribution in [1.82, 2.24) is 24.9 Å². The summed E-state index contributed by atoms with van der Waals surface area (Å²) in [6.45, 7) is 8.92. The number of nitrogens with zero attached hydrogens (tertiary/aromatic N) is 4. The summed E-state index contributed by atoms with van der Waals surface area (Å²) in [5.41, 5.74) is 4.20. The number of amides is 2. The van der Waals surface area contributed by atoms with Crippen molar-refractivity contribution in [3.8, 4) is 5.69 Å². The van der Waals surface area contributed by atoms with Gasteiger partial charge in [0, 0.05) is 37.4 Å². The maximum Gasteiger partial charge on any atom is 0.248 e. The minimum Gasteiger partial charge on any atom is -0.392 e. The Balaban J connectivity index is 1.29. The molecule has 1 aliphatic carbocycles. The lowest BCUT2D eigenvalue weighted by atomic mass is 9.78. The lowest BCUT2D eigenvalue weighted by Crippen LogP contribution is -2.75. The topological polar surface area (TPSA) is 111 Å². The molecule has 1 aromatic heterocycles. The van der Waals surface area contributed by atoms with E-state index in [9.17, 15) is 19.8 Å². The van der Waals surface area contributed by atoms with Crippen molar-refractivity contribution >= 4 is 11.8 Å². The highest BCUT2D eigenvalue weighted by Gasteiger charge is 2.55. The summed E-state index contributed by atoms with van der Waals surface area (Å²) in [7, 11) is 0. The van der Waals surface area contributed by atoms with Gasteiger partial charge in [-0.25, -0.2) is 4.68 Å². The molecule has 0 bridgehead atoms. The Kier molecular flexibility index (Phi) is 9.16. The molecule has 9 heteroatoms. The second kappa shape index (κ2) is 12.6. The second-order valence-corrected chi connectivity index (χ2v) is 12.4. The number of piperidine rings is 1. The third kappa shape index (κ3) is 5.81. The van der Waals surface area contributed by atoms with Crippen LogP contribution in [-0.4, -0.2) is 78.9 Å². The number of aryl methyl sites for hydroxylation is 1. The average molecular weight is 566 g/mol. The molecule has 5 rings (SSSR count). The number of likely N-dealkylation sites (tertiary alicyclic amines) is 1. The number of aliphatic hydroxyl groups excluding tert-OH is 2. The molecule has 3 N–H and O–H groups in total. The molecule has 9 nitrogen and oxygen atoms in total. The van der Waals surface area contributed by atoms with E-state index in [1.54, 1.807) is 0 Å². The van der Waals surface area contributed by atoms with E-state index in [0.29, 0.717) is 32.5 Å². The average Bonchev–Trinajstić information content (AvgIpc) is 3.28. The van der Waals surface area contributed by atoms with Crippen molar-refractivity contribution in [2.75, 3.05) is 19.6 Å². The molecule has 3 fully saturated rings. The quantitative estimate of drug-likeness (QED) is 0.430. The van der Waals surface area contributed by atoms with E-state index in [2.05, 4.69) is 24.1 Å². The lowest BCUT2D eigenvalue weighted by Gasteiger charge is -2.52. The molecule has 1 saturated carbocycles. The van der Waals surface area contributed by atoms with Crippen LogP contribution in [0.4, 0.5) is 0 Å². The summed E-state index contributed by atoms with van der Waals surface area (Å²) >= 11 is 0. The number of aliphatic hydroxyl groups is 2. The van der Waals surface area contributed by atoms with Gasteiger partial charge in [0.25, 0.3) is 0 Å². The van der Waals surface area contributed by atoms with Gasteiger partial charge < -0.3 is 20.4 Å². The van der Waals surface area contributed by atoms with Gasteiger partial charge in [-0.2, -0.15) is 5.10 Å². The third-order valence-corrected chi connectivity index (χ3v) is 9.84. The highest BCUT2D eigenvalue weighted by molar-refractivity contribution is 6.00. The summed E-state index contributed by atoms with van der Waals surface area (Å²) in [5.74, 6) is -0.133. The van der Waals surface area contributed by atoms with Crippen LogP contribution in [0.3, 0.4) is 0 Å². The summed E-state index contributed by atoms with van der Waals surface area (Å²) < 4.78 is 1.95. The van der Waals surface area contributed by atoms with Crippen LogP contribution in [-0.2, 0) is 22.7 Å². The molecule has 3 aliphatic rings. The van der Waals surface area contributed by atoms with E-state index in [-0.39, 0.29) is 24.3 Å². The molecular formula is C32H47N5O4. The van der Waals surface area contributed by atoms with Crippen molar-refractivity contribution in [1.29, 1.82) is 0 Å². The Morgan fingerprint density at radius 2 is 1.76 bits per heavy atom. The van der Waals surface area contributed by atoms with Crippen molar-refractivity contribution in [2.45, 2.75) is 109 Å². The molecule has 2 atom stereocenters. The maximum atomic E-state index is 13.9. The zero-order valence-corrected chi connectivity index (χ0v) is 24.9. The number of rotatable bonds is 9. The van der Waals surface area contributed by atoms with Crippen molar-refractivity contribution in [3.05, 3.63) is 46.8 Å². The number of nitrogens with one attached hydrogen (secondary N) is 1. The Labute approximate surface area is 243 Å². The van der Waals surface area contributed by atoms with Gasteiger partial charge in [0.2, 0.25) is 11.8 Å². The van der Waals surface area contributed by atoms with E-state index < -0.39 is 17.7 Å². The van der Waals surface area contributed by atoms with Crippen LogP contribution in [0.2, 0.25) is 0 Å². The summed E-state index contributed by atoms with van der Waals surface area (Å²) in [4.78, 5) is 31.9. The number of carbonyl (C=O) groups is 2. The molecule has 224 valence electrons. The van der Waals surface area contributed by atoms with Gasteiger partial charge >= 0.3 is 0 Å². The highest BCUT2D eigenvalue weighted by atomic mass is 16.3. The van der Waals surface area contributed by atoms with Gasteiger partial charge in [0.15, 0.2) is 0 Å². The van der Waals surface area contributed by atoms with Gasteiger partial charge in [-0.3, -0.25) is 14.5 Å². The van der Waals surface area contributed by atoms with Crippen LogP contribution in [0, 0.1) is 19.8 Å². The minimum atomic E-state index is -0.853.